The van der Waals surface area contributed by atoms with Crippen molar-refractivity contribution in [2.75, 3.05) is 26.2 Å². The summed E-state index contributed by atoms with van der Waals surface area (Å²) in [5.74, 6) is 0.621. The predicted molar refractivity (Wildman–Crippen MR) is 136 cm³/mol. The van der Waals surface area contributed by atoms with E-state index < -0.39 is 6.10 Å². The Morgan fingerprint density at radius 3 is 2.68 bits per heavy atom. The number of nitrogens with zero attached hydrogens (tertiary/aromatic N) is 2. The molecule has 2 aromatic rings. The third-order valence-electron chi connectivity index (χ3n) is 7.71. The van der Waals surface area contributed by atoms with Crippen molar-refractivity contribution in [1.29, 1.82) is 0 Å². The Labute approximate surface area is 203 Å². The van der Waals surface area contributed by atoms with E-state index in [1.54, 1.807) is 6.07 Å². The van der Waals surface area contributed by atoms with Crippen LogP contribution in [0.25, 0.3) is 0 Å². The number of hydrogen-bond donors (Lipinski definition) is 2. The predicted octanol–water partition coefficient (Wildman–Crippen LogP) is 4.46. The summed E-state index contributed by atoms with van der Waals surface area (Å²) in [6.45, 7) is 11.3. The average molecular weight is 463 g/mol. The third-order valence-corrected chi connectivity index (χ3v) is 7.71. The maximum Gasteiger partial charge on any atom is 0.254 e. The lowest BCUT2D eigenvalue weighted by Crippen LogP contribution is -2.61. The first kappa shape index (κ1) is 24.5. The first-order chi connectivity index (χ1) is 16.3. The Balaban J connectivity index is 1.72. The Kier molecular flexibility index (Phi) is 7.44. The number of hydrogen-bond acceptors (Lipinski definition) is 4. The summed E-state index contributed by atoms with van der Waals surface area (Å²) in [5.41, 5.74) is 1.45. The van der Waals surface area contributed by atoms with Gasteiger partial charge in [0.25, 0.3) is 5.91 Å². The van der Waals surface area contributed by atoms with Gasteiger partial charge >= 0.3 is 0 Å². The van der Waals surface area contributed by atoms with E-state index >= 15 is 0 Å². The van der Waals surface area contributed by atoms with Crippen molar-refractivity contribution >= 4 is 5.91 Å². The topological polar surface area (TPSA) is 64.0 Å². The number of aromatic hydroxyl groups is 1. The molecule has 34 heavy (non-hydrogen) atoms. The molecule has 2 N–H and O–H groups in total. The van der Waals surface area contributed by atoms with E-state index in [0.29, 0.717) is 24.4 Å². The lowest BCUT2D eigenvalue weighted by Gasteiger charge is -2.56. The van der Waals surface area contributed by atoms with Crippen LogP contribution in [0.5, 0.6) is 5.75 Å². The van der Waals surface area contributed by atoms with Crippen LogP contribution in [0.3, 0.4) is 0 Å². The lowest BCUT2D eigenvalue weighted by atomic mass is 9.56. The molecule has 2 aliphatic rings. The number of rotatable bonds is 7. The van der Waals surface area contributed by atoms with Crippen molar-refractivity contribution in [2.45, 2.75) is 50.7 Å². The van der Waals surface area contributed by atoms with Gasteiger partial charge in [-0.1, -0.05) is 50.3 Å². The molecule has 5 heteroatoms. The van der Waals surface area contributed by atoms with E-state index in [-0.39, 0.29) is 29.0 Å². The van der Waals surface area contributed by atoms with Crippen LogP contribution >= 0.6 is 0 Å². The molecule has 4 rings (SSSR count). The number of benzene rings is 2. The van der Waals surface area contributed by atoms with E-state index in [4.69, 9.17) is 0 Å². The number of aliphatic hydroxyl groups is 1. The molecule has 2 aromatic carbocycles. The minimum atomic E-state index is -0.535. The number of phenols is 1. The van der Waals surface area contributed by atoms with Crippen molar-refractivity contribution < 1.29 is 15.0 Å². The first-order valence-corrected chi connectivity index (χ1v) is 12.5. The molecule has 1 aliphatic carbocycles. The van der Waals surface area contributed by atoms with Crippen LogP contribution < -0.4 is 0 Å². The van der Waals surface area contributed by atoms with Crippen LogP contribution in [0.15, 0.2) is 67.3 Å². The fraction of sp³-hybridized carbons (Fsp3) is 0.483. The largest absolute Gasteiger partial charge is 0.508 e. The molecule has 1 saturated heterocycles. The molecule has 0 aromatic heterocycles. The standard InChI is InChI=1S/C29H38N2O3/c1-4-14-30-15-13-29(23-11-8-12-25(32)16-23)18-24(17-27(33)26(29)20-30)31(19-21(2)3)28(34)22-9-6-5-7-10-22/h4-12,16,21,24,26-27,32-33H,1,13-15,17-20H2,2-3H3/t24-,26?,27?,29?/m0/s1. The third kappa shape index (κ3) is 4.91. The molecule has 0 radical (unpaired) electrons. The van der Waals surface area contributed by atoms with Crippen molar-refractivity contribution in [3.05, 3.63) is 78.4 Å². The number of phenolic OH excluding ortho intramolecular Hbond substituents is 1. The minimum Gasteiger partial charge on any atom is -0.508 e. The van der Waals surface area contributed by atoms with E-state index in [1.165, 1.54) is 0 Å². The number of aliphatic hydroxyl groups excluding tert-OH is 1. The van der Waals surface area contributed by atoms with Gasteiger partial charge in [-0.15, -0.1) is 6.58 Å². The van der Waals surface area contributed by atoms with Gasteiger partial charge in [-0.2, -0.15) is 0 Å². The zero-order chi connectivity index (χ0) is 24.3. The maximum atomic E-state index is 13.7. The number of carbonyl (C=O) groups is 1. The molecule has 4 atom stereocenters. The van der Waals surface area contributed by atoms with Gasteiger partial charge < -0.3 is 15.1 Å². The van der Waals surface area contributed by atoms with Crippen LogP contribution in [0.2, 0.25) is 0 Å². The SMILES string of the molecule is C=CCN1CCC2(c3cccc(O)c3)C[C@@H](N(CC(C)C)C(=O)c3ccccc3)CC(O)C2C1. The molecule has 3 unspecified atom stereocenters. The second kappa shape index (κ2) is 10.3. The highest BCUT2D eigenvalue weighted by Crippen LogP contribution is 2.50. The monoisotopic (exact) mass is 462 g/mol. The normalized spacial score (nSPS) is 27.2. The summed E-state index contributed by atoms with van der Waals surface area (Å²) in [5, 5.41) is 21.9. The second-order valence-electron chi connectivity index (χ2n) is 10.5. The van der Waals surface area contributed by atoms with Gasteiger partial charge in [0.05, 0.1) is 6.10 Å². The molecule has 5 nitrogen and oxygen atoms in total. The van der Waals surface area contributed by atoms with Crippen LogP contribution in [0.1, 0.15) is 49.0 Å². The first-order valence-electron chi connectivity index (χ1n) is 12.5. The number of piperidine rings is 1. The van der Waals surface area contributed by atoms with Crippen molar-refractivity contribution in [3.8, 4) is 5.75 Å². The Morgan fingerprint density at radius 2 is 2.00 bits per heavy atom. The van der Waals surface area contributed by atoms with Crippen molar-refractivity contribution in [2.24, 2.45) is 11.8 Å². The van der Waals surface area contributed by atoms with Gasteiger partial charge in [-0.25, -0.2) is 0 Å². The zero-order valence-corrected chi connectivity index (χ0v) is 20.4. The summed E-state index contributed by atoms with van der Waals surface area (Å²) in [4.78, 5) is 18.0. The van der Waals surface area contributed by atoms with Gasteiger partial charge in [0, 0.05) is 42.6 Å². The van der Waals surface area contributed by atoms with Gasteiger partial charge in [-0.05, 0) is 61.6 Å². The highest BCUT2D eigenvalue weighted by Gasteiger charge is 2.53. The van der Waals surface area contributed by atoms with Gasteiger partial charge in [0.1, 0.15) is 5.75 Å². The van der Waals surface area contributed by atoms with E-state index in [2.05, 4.69) is 31.4 Å². The second-order valence-corrected chi connectivity index (χ2v) is 10.5. The quantitative estimate of drug-likeness (QED) is 0.597. The molecule has 182 valence electrons. The van der Waals surface area contributed by atoms with Gasteiger partial charge in [-0.3, -0.25) is 9.69 Å². The van der Waals surface area contributed by atoms with E-state index in [1.807, 2.05) is 53.4 Å². The lowest BCUT2D eigenvalue weighted by molar-refractivity contribution is -0.0630. The fourth-order valence-corrected chi connectivity index (χ4v) is 6.19. The fourth-order valence-electron chi connectivity index (χ4n) is 6.19. The molecule has 0 spiro atoms. The molecular weight excluding hydrogens is 424 g/mol. The molecule has 1 saturated carbocycles. The van der Waals surface area contributed by atoms with E-state index in [9.17, 15) is 15.0 Å². The number of likely N-dealkylation sites (tertiary alicyclic amines) is 1. The Hall–Kier alpha value is -2.63. The van der Waals surface area contributed by atoms with Crippen molar-refractivity contribution in [3.63, 3.8) is 0 Å². The smallest absolute Gasteiger partial charge is 0.254 e. The van der Waals surface area contributed by atoms with Crippen LogP contribution in [-0.4, -0.2) is 64.2 Å². The Morgan fingerprint density at radius 1 is 1.24 bits per heavy atom. The zero-order valence-electron chi connectivity index (χ0n) is 20.4. The van der Waals surface area contributed by atoms with Crippen LogP contribution in [0, 0.1) is 11.8 Å². The van der Waals surface area contributed by atoms with Gasteiger partial charge in [0.2, 0.25) is 0 Å². The highest BCUT2D eigenvalue weighted by atomic mass is 16.3. The van der Waals surface area contributed by atoms with Crippen LogP contribution in [-0.2, 0) is 5.41 Å². The highest BCUT2D eigenvalue weighted by molar-refractivity contribution is 5.94. The number of fused-ring (bicyclic) bond motifs is 1. The molecule has 1 aliphatic heterocycles. The summed E-state index contributed by atoms with van der Waals surface area (Å²) in [7, 11) is 0. The summed E-state index contributed by atoms with van der Waals surface area (Å²) >= 11 is 0. The molecular formula is C29H38N2O3. The number of amides is 1. The summed E-state index contributed by atoms with van der Waals surface area (Å²) in [6, 6.07) is 16.9. The summed E-state index contributed by atoms with van der Waals surface area (Å²) in [6.07, 6.45) is 3.61. The maximum absolute atomic E-state index is 13.7. The molecule has 1 amide bonds. The molecule has 2 fully saturated rings. The average Bonchev–Trinajstić information content (AvgIpc) is 2.83. The summed E-state index contributed by atoms with van der Waals surface area (Å²) < 4.78 is 0. The van der Waals surface area contributed by atoms with E-state index in [0.717, 1.165) is 38.0 Å². The minimum absolute atomic E-state index is 0.0279. The number of carbonyl (C=O) groups excluding carboxylic acids is 1. The Bertz CT molecular complexity index is 992. The van der Waals surface area contributed by atoms with Crippen LogP contribution in [0.4, 0.5) is 0 Å². The van der Waals surface area contributed by atoms with Crippen molar-refractivity contribution in [1.82, 2.24) is 9.80 Å². The molecule has 0 bridgehead atoms. The molecule has 1 heterocycles. The van der Waals surface area contributed by atoms with Gasteiger partial charge in [0.15, 0.2) is 0 Å².